The van der Waals surface area contributed by atoms with E-state index in [1.54, 1.807) is 24.3 Å². The second-order valence-electron chi connectivity index (χ2n) is 10.1. The van der Waals surface area contributed by atoms with Crippen LogP contribution in [0.4, 0.5) is 11.4 Å². The van der Waals surface area contributed by atoms with Crippen molar-refractivity contribution in [3.63, 3.8) is 0 Å². The lowest BCUT2D eigenvalue weighted by atomic mass is 9.48. The van der Waals surface area contributed by atoms with Gasteiger partial charge in [-0.2, -0.15) is 0 Å². The molecular weight excluding hydrogens is 388 g/mol. The number of nitrogens with zero attached hydrogens (tertiary/aromatic N) is 1. The monoisotopic (exact) mass is 414 g/mol. The minimum Gasteiger partial charge on any atom is -0.326 e. The van der Waals surface area contributed by atoms with Crippen LogP contribution >= 0.6 is 0 Å². The second-order valence-corrected chi connectivity index (χ2v) is 10.1. The minimum atomic E-state index is -0.274. The fourth-order valence-corrected chi connectivity index (χ4v) is 7.17. The maximum atomic E-state index is 13.3. The summed E-state index contributed by atoms with van der Waals surface area (Å²) in [6.45, 7) is 1.44. The van der Waals surface area contributed by atoms with Crippen LogP contribution in [0, 0.1) is 17.8 Å². The third-order valence-electron chi connectivity index (χ3n) is 7.98. The minimum absolute atomic E-state index is 0.161. The molecule has 0 unspecified atom stereocenters. The van der Waals surface area contributed by atoms with Crippen molar-refractivity contribution in [3.8, 4) is 0 Å². The number of hydrogen-bond acceptors (Lipinski definition) is 3. The topological polar surface area (TPSA) is 66.5 Å². The van der Waals surface area contributed by atoms with Gasteiger partial charge >= 0.3 is 0 Å². The zero-order valence-electron chi connectivity index (χ0n) is 17.7. The smallest absolute Gasteiger partial charge is 0.266 e. The van der Waals surface area contributed by atoms with Gasteiger partial charge in [-0.3, -0.25) is 14.4 Å². The Bertz CT molecular complexity index is 1080. The summed E-state index contributed by atoms with van der Waals surface area (Å²) in [6.07, 6.45) is 7.83. The molecule has 1 N–H and O–H groups in total. The van der Waals surface area contributed by atoms with E-state index < -0.39 is 0 Å². The van der Waals surface area contributed by atoms with Crippen LogP contribution < -0.4 is 10.2 Å². The molecule has 31 heavy (non-hydrogen) atoms. The number of hydrogen-bond donors (Lipinski definition) is 1. The third kappa shape index (κ3) is 2.86. The Morgan fingerprint density at radius 1 is 0.871 bits per heavy atom. The lowest BCUT2D eigenvalue weighted by Gasteiger charge is -2.57. The largest absolute Gasteiger partial charge is 0.326 e. The molecule has 0 spiro atoms. The molecule has 3 amide bonds. The number of nitrogens with one attached hydrogen (secondary N) is 1. The van der Waals surface area contributed by atoms with Crippen LogP contribution in [-0.2, 0) is 10.2 Å². The van der Waals surface area contributed by atoms with Crippen molar-refractivity contribution in [2.75, 3.05) is 10.2 Å². The van der Waals surface area contributed by atoms with Gasteiger partial charge in [0, 0.05) is 12.6 Å². The highest BCUT2D eigenvalue weighted by Gasteiger charge is 2.52. The highest BCUT2D eigenvalue weighted by Crippen LogP contribution is 2.60. The summed E-state index contributed by atoms with van der Waals surface area (Å²) < 4.78 is 0. The van der Waals surface area contributed by atoms with Crippen LogP contribution in [0.1, 0.15) is 71.7 Å². The number of anilines is 2. The first-order chi connectivity index (χ1) is 14.9. The molecule has 1 aliphatic heterocycles. The Labute approximate surface area is 181 Å². The number of rotatable bonds is 3. The first kappa shape index (κ1) is 18.8. The summed E-state index contributed by atoms with van der Waals surface area (Å²) in [5, 5.41) is 2.71. The molecule has 1 heterocycles. The Hall–Kier alpha value is -2.95. The molecule has 4 saturated carbocycles. The van der Waals surface area contributed by atoms with Crippen molar-refractivity contribution < 1.29 is 14.4 Å². The Balaban J connectivity index is 1.32. The fraction of sp³-hybridized carbons (Fsp3) is 0.423. The average molecular weight is 415 g/mol. The van der Waals surface area contributed by atoms with Crippen molar-refractivity contribution >= 4 is 29.1 Å². The summed E-state index contributed by atoms with van der Waals surface area (Å²) in [6, 6.07) is 12.8. The van der Waals surface area contributed by atoms with Crippen molar-refractivity contribution in [2.24, 2.45) is 17.8 Å². The molecule has 5 heteroatoms. The number of fused-ring (bicyclic) bond motifs is 1. The molecule has 4 fully saturated rings. The van der Waals surface area contributed by atoms with Gasteiger partial charge in [-0.25, -0.2) is 4.90 Å². The van der Waals surface area contributed by atoms with Gasteiger partial charge in [0.05, 0.1) is 16.8 Å². The van der Waals surface area contributed by atoms with E-state index in [9.17, 15) is 14.4 Å². The SMILES string of the molecule is CC(=O)Nc1ccc(N2C(=O)c3ccc(C45CC6CC(CC(C6)C4)C5)cc3C2=O)cc1. The van der Waals surface area contributed by atoms with Gasteiger partial charge in [-0.15, -0.1) is 0 Å². The van der Waals surface area contributed by atoms with Crippen molar-refractivity contribution in [2.45, 2.75) is 50.9 Å². The van der Waals surface area contributed by atoms with Gasteiger partial charge in [-0.1, -0.05) is 6.07 Å². The molecule has 7 rings (SSSR count). The van der Waals surface area contributed by atoms with Gasteiger partial charge in [0.1, 0.15) is 0 Å². The van der Waals surface area contributed by atoms with E-state index in [4.69, 9.17) is 0 Å². The van der Waals surface area contributed by atoms with Crippen molar-refractivity contribution in [1.29, 1.82) is 0 Å². The summed E-state index contributed by atoms with van der Waals surface area (Å²) in [7, 11) is 0. The molecule has 2 aromatic rings. The van der Waals surface area contributed by atoms with Crippen molar-refractivity contribution in [3.05, 3.63) is 59.2 Å². The standard InChI is InChI=1S/C26H26N2O3/c1-15(29)27-20-3-5-21(6-4-20)28-24(30)22-7-2-19(11-23(22)25(28)31)26-12-16-8-17(13-26)10-18(9-16)14-26/h2-7,11,16-18H,8-10,12-14H2,1H3,(H,27,29). The molecule has 158 valence electrons. The van der Waals surface area contributed by atoms with E-state index in [-0.39, 0.29) is 23.1 Å². The zero-order chi connectivity index (χ0) is 21.3. The maximum absolute atomic E-state index is 13.3. The molecule has 0 atom stereocenters. The lowest BCUT2D eigenvalue weighted by Crippen LogP contribution is -2.48. The first-order valence-corrected chi connectivity index (χ1v) is 11.3. The molecular formula is C26H26N2O3. The highest BCUT2D eigenvalue weighted by atomic mass is 16.2. The molecule has 4 bridgehead atoms. The number of benzene rings is 2. The molecule has 0 radical (unpaired) electrons. The van der Waals surface area contributed by atoms with Gasteiger partial charge in [0.15, 0.2) is 0 Å². The summed E-state index contributed by atoms with van der Waals surface area (Å²) in [5.74, 6) is 1.80. The quantitative estimate of drug-likeness (QED) is 0.726. The van der Waals surface area contributed by atoms with Gasteiger partial charge in [-0.05, 0) is 104 Å². The van der Waals surface area contributed by atoms with E-state index in [1.807, 2.05) is 12.1 Å². The predicted molar refractivity (Wildman–Crippen MR) is 118 cm³/mol. The van der Waals surface area contributed by atoms with Crippen LogP contribution in [0.5, 0.6) is 0 Å². The normalized spacial score (nSPS) is 30.6. The van der Waals surface area contributed by atoms with Gasteiger partial charge in [0.2, 0.25) is 5.91 Å². The Morgan fingerprint density at radius 3 is 2.03 bits per heavy atom. The van der Waals surface area contributed by atoms with E-state index in [1.165, 1.54) is 55.9 Å². The van der Waals surface area contributed by atoms with Crippen molar-refractivity contribution in [1.82, 2.24) is 0 Å². The molecule has 5 aliphatic rings. The third-order valence-corrected chi connectivity index (χ3v) is 7.98. The number of carbonyl (C=O) groups is 3. The highest BCUT2D eigenvalue weighted by molar-refractivity contribution is 6.34. The summed E-state index contributed by atoms with van der Waals surface area (Å²) >= 11 is 0. The number of imide groups is 1. The van der Waals surface area contributed by atoms with Crippen LogP contribution in [0.15, 0.2) is 42.5 Å². The van der Waals surface area contributed by atoms with Crippen LogP contribution in [0.25, 0.3) is 0 Å². The van der Waals surface area contributed by atoms with Gasteiger partial charge in [0.25, 0.3) is 11.8 Å². The number of amides is 3. The van der Waals surface area contributed by atoms with E-state index in [0.29, 0.717) is 22.5 Å². The van der Waals surface area contributed by atoms with E-state index >= 15 is 0 Å². The van der Waals surface area contributed by atoms with Gasteiger partial charge < -0.3 is 5.32 Å². The fourth-order valence-electron chi connectivity index (χ4n) is 7.17. The zero-order valence-corrected chi connectivity index (χ0v) is 17.7. The second kappa shape index (κ2) is 6.52. The van der Waals surface area contributed by atoms with E-state index in [0.717, 1.165) is 17.8 Å². The predicted octanol–water partition coefficient (Wildman–Crippen LogP) is 4.91. The van der Waals surface area contributed by atoms with Crippen LogP contribution in [0.2, 0.25) is 0 Å². The Morgan fingerprint density at radius 2 is 1.45 bits per heavy atom. The lowest BCUT2D eigenvalue weighted by molar-refractivity contribution is -0.114. The van der Waals surface area contributed by atoms with Crippen LogP contribution in [0.3, 0.4) is 0 Å². The van der Waals surface area contributed by atoms with E-state index in [2.05, 4.69) is 11.4 Å². The maximum Gasteiger partial charge on any atom is 0.266 e. The number of carbonyl (C=O) groups excluding carboxylic acids is 3. The van der Waals surface area contributed by atoms with Crippen LogP contribution in [-0.4, -0.2) is 17.7 Å². The first-order valence-electron chi connectivity index (χ1n) is 11.3. The summed E-state index contributed by atoms with van der Waals surface area (Å²) in [4.78, 5) is 38.8. The molecule has 2 aromatic carbocycles. The molecule has 0 saturated heterocycles. The molecule has 5 nitrogen and oxygen atoms in total. The average Bonchev–Trinajstić information content (AvgIpc) is 2.97. The Kier molecular flexibility index (Phi) is 3.95. The summed E-state index contributed by atoms with van der Waals surface area (Å²) in [5.41, 5.74) is 3.64. The molecule has 4 aliphatic carbocycles. The molecule has 0 aromatic heterocycles.